The van der Waals surface area contributed by atoms with Crippen LogP contribution in [0.25, 0.3) is 0 Å². The van der Waals surface area contributed by atoms with Gasteiger partial charge in [0.15, 0.2) is 6.61 Å². The second-order valence-corrected chi connectivity index (χ2v) is 7.77. The average molecular weight is 460 g/mol. The number of anilines is 2. The van der Waals surface area contributed by atoms with Gasteiger partial charge in [0.05, 0.1) is 16.9 Å². The summed E-state index contributed by atoms with van der Waals surface area (Å²) in [4.78, 5) is 18.9. The molecule has 174 valence electrons. The predicted octanol–water partition coefficient (Wildman–Crippen LogP) is 5.22. The van der Waals surface area contributed by atoms with E-state index in [1.807, 2.05) is 4.90 Å². The molecule has 0 bridgehead atoms. The number of aryl methyl sites for hydroxylation is 1. The molecule has 0 unspecified atom stereocenters. The van der Waals surface area contributed by atoms with Crippen molar-refractivity contribution in [3.05, 3.63) is 65.3 Å². The Kier molecular flexibility index (Phi) is 6.52. The van der Waals surface area contributed by atoms with E-state index in [2.05, 4.69) is 15.5 Å². The summed E-state index contributed by atoms with van der Waals surface area (Å²) in [6.07, 6.45) is -1.51. The zero-order chi connectivity index (χ0) is 23.4. The number of ether oxygens (including phenoxy) is 1. The van der Waals surface area contributed by atoms with Crippen molar-refractivity contribution in [3.63, 3.8) is 0 Å². The first kappa shape index (κ1) is 22.6. The summed E-state index contributed by atoms with van der Waals surface area (Å²) in [5, 5.41) is 6.40. The summed E-state index contributed by atoms with van der Waals surface area (Å²) in [6.45, 7) is 3.25. The van der Waals surface area contributed by atoms with Crippen LogP contribution in [0, 0.1) is 6.92 Å². The van der Waals surface area contributed by atoms with Crippen molar-refractivity contribution in [2.75, 3.05) is 23.3 Å². The number of alkyl halides is 3. The van der Waals surface area contributed by atoms with Crippen LogP contribution < -0.4 is 15.0 Å². The number of aromatic nitrogens is 2. The average Bonchev–Trinajstić information content (AvgIpc) is 3.23. The van der Waals surface area contributed by atoms with Crippen LogP contribution in [0.5, 0.6) is 5.75 Å². The minimum absolute atomic E-state index is 0.103. The lowest BCUT2D eigenvalue weighted by molar-refractivity contribution is -0.137. The van der Waals surface area contributed by atoms with Crippen LogP contribution in [0.3, 0.4) is 0 Å². The Labute approximate surface area is 188 Å². The first-order valence-electron chi connectivity index (χ1n) is 10.6. The van der Waals surface area contributed by atoms with Crippen molar-refractivity contribution < 1.29 is 27.2 Å². The molecule has 1 aromatic heterocycles. The van der Waals surface area contributed by atoms with E-state index < -0.39 is 17.6 Å². The van der Waals surface area contributed by atoms with Crippen LogP contribution in [-0.4, -0.2) is 29.1 Å². The SMILES string of the molecule is Cc1nc(COc2ccc(C(=O)Nc3cc(C(F)(F)F)ccc3N3CCCCC3)cc2)no1. The van der Waals surface area contributed by atoms with Gasteiger partial charge in [0, 0.05) is 25.6 Å². The number of nitrogens with one attached hydrogen (secondary N) is 1. The lowest BCUT2D eigenvalue weighted by Crippen LogP contribution is -2.30. The number of piperidine rings is 1. The van der Waals surface area contributed by atoms with Gasteiger partial charge in [-0.1, -0.05) is 5.16 Å². The molecule has 2 heterocycles. The number of rotatable bonds is 6. The van der Waals surface area contributed by atoms with E-state index in [0.717, 1.165) is 44.5 Å². The molecule has 3 aromatic rings. The number of carbonyl (C=O) groups is 1. The number of halogens is 3. The molecule has 0 atom stereocenters. The van der Waals surface area contributed by atoms with Crippen LogP contribution in [0.15, 0.2) is 47.0 Å². The fraction of sp³-hybridized carbons (Fsp3) is 0.348. The Balaban J connectivity index is 1.49. The fourth-order valence-corrected chi connectivity index (χ4v) is 3.67. The highest BCUT2D eigenvalue weighted by atomic mass is 19.4. The van der Waals surface area contributed by atoms with Crippen LogP contribution >= 0.6 is 0 Å². The highest BCUT2D eigenvalue weighted by molar-refractivity contribution is 6.06. The van der Waals surface area contributed by atoms with E-state index in [1.165, 1.54) is 6.07 Å². The Morgan fingerprint density at radius 1 is 1.12 bits per heavy atom. The van der Waals surface area contributed by atoms with Crippen molar-refractivity contribution in [2.45, 2.75) is 39.0 Å². The third-order valence-electron chi connectivity index (χ3n) is 5.32. The van der Waals surface area contributed by atoms with Crippen molar-refractivity contribution in [1.82, 2.24) is 10.1 Å². The van der Waals surface area contributed by atoms with Crippen molar-refractivity contribution in [1.29, 1.82) is 0 Å². The molecule has 1 amide bonds. The van der Waals surface area contributed by atoms with Gasteiger partial charge in [-0.15, -0.1) is 0 Å². The lowest BCUT2D eigenvalue weighted by atomic mass is 10.1. The van der Waals surface area contributed by atoms with Gasteiger partial charge in [0.2, 0.25) is 11.7 Å². The molecule has 1 saturated heterocycles. The zero-order valence-electron chi connectivity index (χ0n) is 18.0. The molecule has 4 rings (SSSR count). The Morgan fingerprint density at radius 2 is 1.85 bits per heavy atom. The molecular weight excluding hydrogens is 437 g/mol. The van der Waals surface area contributed by atoms with Gasteiger partial charge in [-0.3, -0.25) is 4.79 Å². The third-order valence-corrected chi connectivity index (χ3v) is 5.32. The fourth-order valence-electron chi connectivity index (χ4n) is 3.67. The zero-order valence-corrected chi connectivity index (χ0v) is 18.0. The molecule has 0 radical (unpaired) electrons. The summed E-state index contributed by atoms with van der Waals surface area (Å²) in [5.74, 6) is 0.804. The van der Waals surface area contributed by atoms with Gasteiger partial charge in [0.25, 0.3) is 5.91 Å². The molecule has 0 spiro atoms. The van der Waals surface area contributed by atoms with Gasteiger partial charge in [-0.25, -0.2) is 0 Å². The largest absolute Gasteiger partial charge is 0.485 e. The van der Waals surface area contributed by atoms with Gasteiger partial charge >= 0.3 is 6.18 Å². The second kappa shape index (κ2) is 9.51. The molecule has 0 saturated carbocycles. The topological polar surface area (TPSA) is 80.5 Å². The number of nitrogens with zero attached hydrogens (tertiary/aromatic N) is 3. The van der Waals surface area contributed by atoms with Gasteiger partial charge < -0.3 is 19.5 Å². The highest BCUT2D eigenvalue weighted by Gasteiger charge is 2.32. The highest BCUT2D eigenvalue weighted by Crippen LogP contribution is 2.36. The number of hydrogen-bond acceptors (Lipinski definition) is 6. The summed E-state index contributed by atoms with van der Waals surface area (Å²) >= 11 is 0. The first-order chi connectivity index (χ1) is 15.8. The molecule has 1 N–H and O–H groups in total. The van der Waals surface area contributed by atoms with Crippen molar-refractivity contribution in [2.24, 2.45) is 0 Å². The first-order valence-corrected chi connectivity index (χ1v) is 10.6. The monoisotopic (exact) mass is 460 g/mol. The summed E-state index contributed by atoms with van der Waals surface area (Å²) in [6, 6.07) is 9.75. The molecule has 0 aliphatic carbocycles. The van der Waals surface area contributed by atoms with Gasteiger partial charge in [-0.05, 0) is 61.7 Å². The van der Waals surface area contributed by atoms with E-state index in [9.17, 15) is 18.0 Å². The van der Waals surface area contributed by atoms with E-state index in [1.54, 1.807) is 31.2 Å². The van der Waals surface area contributed by atoms with Gasteiger partial charge in [0.1, 0.15) is 5.75 Å². The molecular formula is C23H23F3N4O3. The minimum atomic E-state index is -4.50. The third kappa shape index (κ3) is 5.63. The van der Waals surface area contributed by atoms with Gasteiger partial charge in [-0.2, -0.15) is 18.2 Å². The quantitative estimate of drug-likeness (QED) is 0.543. The maximum Gasteiger partial charge on any atom is 0.416 e. The standard InChI is InChI=1S/C23H23F3N4O3/c1-15-27-21(29-33-15)14-32-18-8-5-16(6-9-18)22(31)28-19-13-17(23(24,25)26)7-10-20(19)30-11-3-2-4-12-30/h5-10,13H,2-4,11-12,14H2,1H3,(H,28,31). The number of amides is 1. The Bertz CT molecular complexity index is 1110. The van der Waals surface area contributed by atoms with Crippen LogP contribution in [0.4, 0.5) is 24.5 Å². The van der Waals surface area contributed by atoms with E-state index >= 15 is 0 Å². The van der Waals surface area contributed by atoms with E-state index in [4.69, 9.17) is 9.26 Å². The van der Waals surface area contributed by atoms with E-state index in [0.29, 0.717) is 28.7 Å². The maximum atomic E-state index is 13.3. The number of carbonyl (C=O) groups excluding carboxylic acids is 1. The molecule has 1 aliphatic heterocycles. The molecule has 1 fully saturated rings. The predicted molar refractivity (Wildman–Crippen MR) is 115 cm³/mol. The second-order valence-electron chi connectivity index (χ2n) is 7.77. The summed E-state index contributed by atoms with van der Waals surface area (Å²) in [7, 11) is 0. The Morgan fingerprint density at radius 3 is 2.48 bits per heavy atom. The van der Waals surface area contributed by atoms with E-state index in [-0.39, 0.29) is 12.3 Å². The molecule has 33 heavy (non-hydrogen) atoms. The smallest absolute Gasteiger partial charge is 0.416 e. The maximum absolute atomic E-state index is 13.3. The number of hydrogen-bond donors (Lipinski definition) is 1. The van der Waals surface area contributed by atoms with Crippen molar-refractivity contribution in [3.8, 4) is 5.75 Å². The van der Waals surface area contributed by atoms with Crippen molar-refractivity contribution >= 4 is 17.3 Å². The van der Waals surface area contributed by atoms with Crippen LogP contribution in [-0.2, 0) is 12.8 Å². The molecule has 1 aliphatic rings. The Hall–Kier alpha value is -3.56. The minimum Gasteiger partial charge on any atom is -0.485 e. The van der Waals surface area contributed by atoms with Crippen LogP contribution in [0.2, 0.25) is 0 Å². The number of benzene rings is 2. The molecule has 2 aromatic carbocycles. The van der Waals surface area contributed by atoms with Crippen LogP contribution in [0.1, 0.15) is 46.9 Å². The normalized spacial score (nSPS) is 14.2. The summed E-state index contributed by atoms with van der Waals surface area (Å²) in [5.41, 5.74) is 0.217. The summed E-state index contributed by atoms with van der Waals surface area (Å²) < 4.78 is 50.3. The lowest BCUT2D eigenvalue weighted by Gasteiger charge is -2.31. The molecule has 7 nitrogen and oxygen atoms in total. The molecule has 10 heteroatoms.